The summed E-state index contributed by atoms with van der Waals surface area (Å²) in [6.45, 7) is 10.3. The van der Waals surface area contributed by atoms with Crippen LogP contribution in [0.2, 0.25) is 0 Å². The van der Waals surface area contributed by atoms with E-state index in [4.69, 9.17) is 5.73 Å². The summed E-state index contributed by atoms with van der Waals surface area (Å²) in [5.74, 6) is 1.92. The minimum Gasteiger partial charge on any atom is -0.356 e. The predicted molar refractivity (Wildman–Crippen MR) is 87.5 cm³/mol. The fourth-order valence-electron chi connectivity index (χ4n) is 2.52. The monoisotopic (exact) mass is 284 g/mol. The molecule has 1 atom stereocenters. The molecule has 0 aliphatic heterocycles. The van der Waals surface area contributed by atoms with Gasteiger partial charge in [0.2, 0.25) is 5.91 Å². The molecular formula is C17H36N2O. The van der Waals surface area contributed by atoms with E-state index in [1.54, 1.807) is 0 Å². The number of amides is 1. The van der Waals surface area contributed by atoms with Crippen LogP contribution in [0.5, 0.6) is 0 Å². The highest BCUT2D eigenvalue weighted by molar-refractivity contribution is 5.76. The van der Waals surface area contributed by atoms with Gasteiger partial charge in [0.25, 0.3) is 0 Å². The molecule has 0 saturated heterocycles. The first kappa shape index (κ1) is 19.4. The zero-order valence-corrected chi connectivity index (χ0v) is 14.1. The Morgan fingerprint density at radius 3 is 2.20 bits per heavy atom. The highest BCUT2D eigenvalue weighted by Gasteiger charge is 2.13. The molecule has 3 nitrogen and oxygen atoms in total. The van der Waals surface area contributed by atoms with Crippen molar-refractivity contribution in [3.8, 4) is 0 Å². The van der Waals surface area contributed by atoms with E-state index in [2.05, 4.69) is 33.0 Å². The summed E-state index contributed by atoms with van der Waals surface area (Å²) in [6.07, 6.45) is 7.86. The van der Waals surface area contributed by atoms with Crippen LogP contribution < -0.4 is 11.1 Å². The van der Waals surface area contributed by atoms with Gasteiger partial charge >= 0.3 is 0 Å². The Morgan fingerprint density at radius 2 is 1.65 bits per heavy atom. The highest BCUT2D eigenvalue weighted by atomic mass is 16.1. The summed E-state index contributed by atoms with van der Waals surface area (Å²) in [4.78, 5) is 11.8. The van der Waals surface area contributed by atoms with Crippen molar-refractivity contribution < 1.29 is 4.79 Å². The van der Waals surface area contributed by atoms with Gasteiger partial charge in [0, 0.05) is 13.0 Å². The van der Waals surface area contributed by atoms with Crippen molar-refractivity contribution in [3.63, 3.8) is 0 Å². The summed E-state index contributed by atoms with van der Waals surface area (Å²) in [5.41, 5.74) is 5.72. The maximum atomic E-state index is 11.8. The first-order valence-electron chi connectivity index (χ1n) is 8.42. The molecule has 1 amide bonds. The van der Waals surface area contributed by atoms with Crippen LogP contribution in [-0.4, -0.2) is 19.0 Å². The minimum absolute atomic E-state index is 0.170. The molecule has 20 heavy (non-hydrogen) atoms. The predicted octanol–water partition coefficient (Wildman–Crippen LogP) is 3.72. The Morgan fingerprint density at radius 1 is 1.00 bits per heavy atom. The van der Waals surface area contributed by atoms with E-state index < -0.39 is 0 Å². The Bertz CT molecular complexity index is 239. The third-order valence-electron chi connectivity index (χ3n) is 3.64. The molecule has 120 valence electrons. The molecule has 0 heterocycles. The van der Waals surface area contributed by atoms with Crippen LogP contribution in [0.4, 0.5) is 0 Å². The van der Waals surface area contributed by atoms with Crippen LogP contribution in [0.15, 0.2) is 0 Å². The summed E-state index contributed by atoms with van der Waals surface area (Å²) < 4.78 is 0. The summed E-state index contributed by atoms with van der Waals surface area (Å²) in [7, 11) is 0. The second kappa shape index (κ2) is 12.2. The molecule has 0 fully saturated rings. The van der Waals surface area contributed by atoms with Gasteiger partial charge in [-0.05, 0) is 37.1 Å². The number of hydrogen-bond acceptors (Lipinski definition) is 2. The van der Waals surface area contributed by atoms with Crippen molar-refractivity contribution in [2.75, 3.05) is 13.1 Å². The molecule has 3 N–H and O–H groups in total. The molecule has 0 saturated carbocycles. The van der Waals surface area contributed by atoms with Crippen LogP contribution in [0.25, 0.3) is 0 Å². The molecular weight excluding hydrogens is 248 g/mol. The summed E-state index contributed by atoms with van der Waals surface area (Å²) in [6, 6.07) is 0. The van der Waals surface area contributed by atoms with E-state index in [1.807, 2.05) is 0 Å². The van der Waals surface area contributed by atoms with Crippen molar-refractivity contribution in [1.29, 1.82) is 0 Å². The van der Waals surface area contributed by atoms with E-state index in [0.29, 0.717) is 24.8 Å². The molecule has 0 aromatic rings. The fraction of sp³-hybridized carbons (Fsp3) is 0.941. The van der Waals surface area contributed by atoms with Gasteiger partial charge in [0.15, 0.2) is 0 Å². The summed E-state index contributed by atoms with van der Waals surface area (Å²) >= 11 is 0. The lowest BCUT2D eigenvalue weighted by Crippen LogP contribution is -2.29. The van der Waals surface area contributed by atoms with Gasteiger partial charge in [0.05, 0.1) is 0 Å². The molecule has 0 spiro atoms. The molecule has 0 rings (SSSR count). The standard InChI is InChI=1S/C17H36N2O/c1-14(2)9-7-5-6-8-10-19-17(20)12-16(13-18)11-15(3)4/h14-16H,5-13,18H2,1-4H3,(H,19,20)/t16-/m0/s1. The van der Waals surface area contributed by atoms with Gasteiger partial charge in [-0.2, -0.15) is 0 Å². The van der Waals surface area contributed by atoms with Gasteiger partial charge in [-0.1, -0.05) is 53.4 Å². The van der Waals surface area contributed by atoms with Crippen LogP contribution in [0.3, 0.4) is 0 Å². The highest BCUT2D eigenvalue weighted by Crippen LogP contribution is 2.14. The van der Waals surface area contributed by atoms with E-state index in [9.17, 15) is 4.79 Å². The average Bonchev–Trinajstić information content (AvgIpc) is 2.35. The van der Waals surface area contributed by atoms with Crippen molar-refractivity contribution in [2.24, 2.45) is 23.5 Å². The third kappa shape index (κ3) is 12.5. The third-order valence-corrected chi connectivity index (χ3v) is 3.64. The molecule has 0 aliphatic carbocycles. The van der Waals surface area contributed by atoms with Crippen molar-refractivity contribution in [1.82, 2.24) is 5.32 Å². The first-order valence-corrected chi connectivity index (χ1v) is 8.42. The van der Waals surface area contributed by atoms with Gasteiger partial charge in [0.1, 0.15) is 0 Å². The topological polar surface area (TPSA) is 55.1 Å². The number of rotatable bonds is 12. The Kier molecular flexibility index (Phi) is 11.8. The molecule has 0 aromatic carbocycles. The smallest absolute Gasteiger partial charge is 0.220 e. The van der Waals surface area contributed by atoms with Gasteiger partial charge in [-0.3, -0.25) is 4.79 Å². The maximum absolute atomic E-state index is 11.8. The van der Waals surface area contributed by atoms with Gasteiger partial charge in [-0.15, -0.1) is 0 Å². The second-order valence-corrected chi connectivity index (χ2v) is 6.88. The summed E-state index contributed by atoms with van der Waals surface area (Å²) in [5, 5.41) is 3.03. The molecule has 0 radical (unpaired) electrons. The largest absolute Gasteiger partial charge is 0.356 e. The minimum atomic E-state index is 0.170. The second-order valence-electron chi connectivity index (χ2n) is 6.88. The number of carbonyl (C=O) groups is 1. The lowest BCUT2D eigenvalue weighted by atomic mass is 9.94. The Balaban J connectivity index is 3.52. The Labute approximate surface area is 126 Å². The molecule has 3 heteroatoms. The molecule has 0 aromatic heterocycles. The average molecular weight is 284 g/mol. The molecule has 0 aliphatic rings. The Hall–Kier alpha value is -0.570. The molecule has 0 unspecified atom stereocenters. The van der Waals surface area contributed by atoms with Crippen LogP contribution >= 0.6 is 0 Å². The van der Waals surface area contributed by atoms with Crippen LogP contribution in [0, 0.1) is 17.8 Å². The van der Waals surface area contributed by atoms with Crippen LogP contribution in [-0.2, 0) is 4.79 Å². The zero-order valence-electron chi connectivity index (χ0n) is 14.1. The zero-order chi connectivity index (χ0) is 15.4. The normalized spacial score (nSPS) is 12.9. The number of unbranched alkanes of at least 4 members (excludes halogenated alkanes) is 3. The number of nitrogens with one attached hydrogen (secondary N) is 1. The van der Waals surface area contributed by atoms with E-state index in [1.165, 1.54) is 25.7 Å². The van der Waals surface area contributed by atoms with Crippen molar-refractivity contribution in [2.45, 2.75) is 72.6 Å². The quantitative estimate of drug-likeness (QED) is 0.537. The number of carbonyl (C=O) groups excluding carboxylic acids is 1. The maximum Gasteiger partial charge on any atom is 0.220 e. The molecule has 0 bridgehead atoms. The van der Waals surface area contributed by atoms with Crippen molar-refractivity contribution >= 4 is 5.91 Å². The van der Waals surface area contributed by atoms with E-state index in [0.717, 1.165) is 25.3 Å². The fourth-order valence-corrected chi connectivity index (χ4v) is 2.52. The number of nitrogens with two attached hydrogens (primary N) is 1. The first-order chi connectivity index (χ1) is 9.45. The lowest BCUT2D eigenvalue weighted by molar-refractivity contribution is -0.122. The van der Waals surface area contributed by atoms with Gasteiger partial charge in [-0.25, -0.2) is 0 Å². The van der Waals surface area contributed by atoms with E-state index >= 15 is 0 Å². The number of hydrogen-bond donors (Lipinski definition) is 2. The lowest BCUT2D eigenvalue weighted by Gasteiger charge is -2.16. The van der Waals surface area contributed by atoms with Gasteiger partial charge < -0.3 is 11.1 Å². The van der Waals surface area contributed by atoms with Crippen molar-refractivity contribution in [3.05, 3.63) is 0 Å². The van der Waals surface area contributed by atoms with E-state index in [-0.39, 0.29) is 5.91 Å². The van der Waals surface area contributed by atoms with Crippen LogP contribution in [0.1, 0.15) is 72.6 Å². The SMILES string of the molecule is CC(C)CCCCCCNC(=O)C[C@@H](CN)CC(C)C.